The lowest BCUT2D eigenvalue weighted by atomic mass is 10.0. The fraction of sp³-hybridized carbons (Fsp3) is 0.143. The normalized spacial score (nSPS) is 15.2. The minimum atomic E-state index is -0.259. The summed E-state index contributed by atoms with van der Waals surface area (Å²) in [6.07, 6.45) is 0.684. The molecule has 0 spiro atoms. The first-order valence-electron chi connectivity index (χ1n) is 8.42. The minimum absolute atomic E-state index is 0.0866. The molecule has 1 aromatic heterocycles. The van der Waals surface area contributed by atoms with E-state index in [1.807, 2.05) is 35.7 Å². The van der Waals surface area contributed by atoms with Crippen molar-refractivity contribution in [1.29, 1.82) is 0 Å². The molecule has 26 heavy (non-hydrogen) atoms. The zero-order chi connectivity index (χ0) is 17.9. The van der Waals surface area contributed by atoms with Gasteiger partial charge < -0.3 is 10.1 Å². The van der Waals surface area contributed by atoms with Crippen LogP contribution < -0.4 is 10.1 Å². The van der Waals surface area contributed by atoms with Crippen molar-refractivity contribution in [2.45, 2.75) is 12.5 Å². The second kappa shape index (κ2) is 7.14. The van der Waals surface area contributed by atoms with Gasteiger partial charge in [0.1, 0.15) is 11.9 Å². The number of nitrogens with one attached hydrogen (secondary N) is 1. The Morgan fingerprint density at radius 2 is 1.77 bits per heavy atom. The van der Waals surface area contributed by atoms with Gasteiger partial charge in [0.2, 0.25) is 5.78 Å². The number of amides is 1. The van der Waals surface area contributed by atoms with Gasteiger partial charge in [0.15, 0.2) is 0 Å². The summed E-state index contributed by atoms with van der Waals surface area (Å²) in [5.74, 6) is 0.486. The molecular weight excluding hydrogens is 346 g/mol. The molecule has 130 valence electrons. The first-order valence-corrected chi connectivity index (χ1v) is 9.30. The molecule has 0 saturated carbocycles. The number of benzene rings is 2. The maximum Gasteiger partial charge on any atom is 0.252 e. The molecule has 1 unspecified atom stereocenters. The summed E-state index contributed by atoms with van der Waals surface area (Å²) < 4.78 is 5.85. The molecule has 1 amide bonds. The molecule has 1 atom stereocenters. The van der Waals surface area contributed by atoms with Crippen LogP contribution in [0.3, 0.4) is 0 Å². The van der Waals surface area contributed by atoms with E-state index in [1.165, 1.54) is 11.3 Å². The van der Waals surface area contributed by atoms with Gasteiger partial charge in [-0.1, -0.05) is 42.5 Å². The number of carbonyl (C=O) groups excluding carboxylic acids is 2. The van der Waals surface area contributed by atoms with Crippen LogP contribution in [0.5, 0.6) is 5.75 Å². The van der Waals surface area contributed by atoms with Crippen LogP contribution in [0.2, 0.25) is 0 Å². The molecule has 3 aromatic rings. The van der Waals surface area contributed by atoms with Crippen LogP contribution in [0.1, 0.15) is 31.2 Å². The topological polar surface area (TPSA) is 55.4 Å². The number of para-hydroxylation sites is 1. The molecule has 1 N–H and O–H groups in total. The van der Waals surface area contributed by atoms with Gasteiger partial charge in [-0.15, -0.1) is 11.3 Å². The Labute approximate surface area is 155 Å². The number of carbonyl (C=O) groups is 2. The lowest BCUT2D eigenvalue weighted by molar-refractivity contribution is 0.0924. The molecule has 4 nitrogen and oxygen atoms in total. The van der Waals surface area contributed by atoms with E-state index >= 15 is 0 Å². The zero-order valence-corrected chi connectivity index (χ0v) is 14.8. The second-order valence-electron chi connectivity index (χ2n) is 6.11. The van der Waals surface area contributed by atoms with Gasteiger partial charge in [0.25, 0.3) is 5.91 Å². The number of fused-ring (bicyclic) bond motifs is 1. The van der Waals surface area contributed by atoms with Gasteiger partial charge in [-0.05, 0) is 29.1 Å². The minimum Gasteiger partial charge on any atom is -0.488 e. The van der Waals surface area contributed by atoms with Crippen molar-refractivity contribution >= 4 is 23.0 Å². The highest BCUT2D eigenvalue weighted by atomic mass is 32.1. The highest BCUT2D eigenvalue weighted by Crippen LogP contribution is 2.27. The molecule has 0 saturated heterocycles. The van der Waals surface area contributed by atoms with E-state index in [0.29, 0.717) is 22.5 Å². The summed E-state index contributed by atoms with van der Waals surface area (Å²) in [4.78, 5) is 25.9. The number of hydrogen-bond donors (Lipinski definition) is 1. The number of rotatable bonds is 5. The van der Waals surface area contributed by atoms with Crippen molar-refractivity contribution < 1.29 is 14.3 Å². The van der Waals surface area contributed by atoms with Gasteiger partial charge in [0.05, 0.1) is 17.0 Å². The third-order valence-corrected chi connectivity index (χ3v) is 5.23. The van der Waals surface area contributed by atoms with E-state index in [2.05, 4.69) is 5.32 Å². The molecular formula is C21H17NO3S. The predicted molar refractivity (Wildman–Crippen MR) is 101 cm³/mol. The van der Waals surface area contributed by atoms with E-state index in [1.54, 1.807) is 30.3 Å². The number of ether oxygens (including phenoxy) is 1. The standard InChI is InChI=1S/C21H17NO3S/c23-20(19-10-5-11-26-19)16-7-2-3-8-17(16)21(24)22-13-15-12-14-6-1-4-9-18(14)25-15/h1-11,15H,12-13H2,(H,22,24). The molecule has 1 aliphatic heterocycles. The summed E-state index contributed by atoms with van der Waals surface area (Å²) in [6, 6.07) is 18.4. The van der Waals surface area contributed by atoms with Crippen LogP contribution in [0, 0.1) is 0 Å². The third kappa shape index (κ3) is 3.26. The molecule has 4 rings (SSSR count). The Morgan fingerprint density at radius 1 is 1.00 bits per heavy atom. The first-order chi connectivity index (χ1) is 12.7. The van der Waals surface area contributed by atoms with Crippen molar-refractivity contribution in [1.82, 2.24) is 5.32 Å². The van der Waals surface area contributed by atoms with Crippen LogP contribution in [0.15, 0.2) is 66.0 Å². The monoisotopic (exact) mass is 363 g/mol. The van der Waals surface area contributed by atoms with Gasteiger partial charge in [0, 0.05) is 12.0 Å². The van der Waals surface area contributed by atoms with Gasteiger partial charge in [-0.2, -0.15) is 0 Å². The fourth-order valence-corrected chi connectivity index (χ4v) is 3.77. The van der Waals surface area contributed by atoms with Crippen molar-refractivity contribution in [3.63, 3.8) is 0 Å². The molecule has 1 aliphatic rings. The van der Waals surface area contributed by atoms with E-state index in [9.17, 15) is 9.59 Å². The maximum atomic E-state index is 12.7. The highest BCUT2D eigenvalue weighted by molar-refractivity contribution is 7.12. The van der Waals surface area contributed by atoms with Gasteiger partial charge in [-0.25, -0.2) is 0 Å². The lowest BCUT2D eigenvalue weighted by Gasteiger charge is -2.13. The Morgan fingerprint density at radius 3 is 2.54 bits per heavy atom. The molecule has 5 heteroatoms. The van der Waals surface area contributed by atoms with E-state index in [4.69, 9.17) is 4.74 Å². The zero-order valence-electron chi connectivity index (χ0n) is 14.0. The molecule has 0 bridgehead atoms. The molecule has 2 aromatic carbocycles. The van der Waals surface area contributed by atoms with E-state index in [0.717, 1.165) is 17.7 Å². The van der Waals surface area contributed by atoms with Gasteiger partial charge >= 0.3 is 0 Å². The second-order valence-corrected chi connectivity index (χ2v) is 7.06. The summed E-state index contributed by atoms with van der Waals surface area (Å²) in [5.41, 5.74) is 1.96. The summed E-state index contributed by atoms with van der Waals surface area (Å²) >= 11 is 1.37. The predicted octanol–water partition coefficient (Wildman–Crippen LogP) is 3.71. The van der Waals surface area contributed by atoms with Gasteiger partial charge in [-0.3, -0.25) is 9.59 Å². The largest absolute Gasteiger partial charge is 0.488 e. The van der Waals surface area contributed by atoms with E-state index in [-0.39, 0.29) is 17.8 Å². The fourth-order valence-electron chi connectivity index (χ4n) is 3.09. The van der Waals surface area contributed by atoms with Crippen LogP contribution >= 0.6 is 11.3 Å². The average Bonchev–Trinajstić information content (AvgIpc) is 3.35. The molecule has 0 fully saturated rings. The number of hydrogen-bond acceptors (Lipinski definition) is 4. The van der Waals surface area contributed by atoms with Crippen molar-refractivity contribution in [2.75, 3.05) is 6.54 Å². The Kier molecular flexibility index (Phi) is 4.54. The smallest absolute Gasteiger partial charge is 0.252 e. The van der Waals surface area contributed by atoms with Crippen LogP contribution in [-0.2, 0) is 6.42 Å². The summed E-state index contributed by atoms with van der Waals surface area (Å²) in [6.45, 7) is 0.398. The summed E-state index contributed by atoms with van der Waals surface area (Å²) in [7, 11) is 0. The third-order valence-electron chi connectivity index (χ3n) is 4.37. The maximum absolute atomic E-state index is 12.7. The number of ketones is 1. The van der Waals surface area contributed by atoms with Crippen LogP contribution in [-0.4, -0.2) is 24.3 Å². The lowest BCUT2D eigenvalue weighted by Crippen LogP contribution is -2.35. The first kappa shape index (κ1) is 16.5. The Hall–Kier alpha value is -2.92. The van der Waals surface area contributed by atoms with Crippen molar-refractivity contribution in [3.8, 4) is 5.75 Å². The molecule has 0 radical (unpaired) electrons. The highest BCUT2D eigenvalue weighted by Gasteiger charge is 2.24. The Bertz CT molecular complexity index is 924. The van der Waals surface area contributed by atoms with Crippen LogP contribution in [0.25, 0.3) is 0 Å². The molecule has 0 aliphatic carbocycles. The number of thiophene rings is 1. The SMILES string of the molecule is O=C(NCC1Cc2ccccc2O1)c1ccccc1C(=O)c1cccs1. The van der Waals surface area contributed by atoms with Crippen molar-refractivity contribution in [2.24, 2.45) is 0 Å². The summed E-state index contributed by atoms with van der Waals surface area (Å²) in [5, 5.41) is 4.76. The quantitative estimate of drug-likeness (QED) is 0.703. The van der Waals surface area contributed by atoms with Crippen molar-refractivity contribution in [3.05, 3.63) is 87.6 Å². The van der Waals surface area contributed by atoms with E-state index < -0.39 is 0 Å². The average molecular weight is 363 g/mol. The Balaban J connectivity index is 1.45. The molecule has 2 heterocycles. The van der Waals surface area contributed by atoms with Crippen LogP contribution in [0.4, 0.5) is 0 Å².